The molecule has 0 radical (unpaired) electrons. The zero-order valence-corrected chi connectivity index (χ0v) is 22.0. The summed E-state index contributed by atoms with van der Waals surface area (Å²) in [5, 5.41) is 26.6. The summed E-state index contributed by atoms with van der Waals surface area (Å²) >= 11 is 0. The third kappa shape index (κ3) is 4.08. The van der Waals surface area contributed by atoms with Gasteiger partial charge in [0, 0.05) is 0 Å². The molecule has 0 bridgehead atoms. The number of fused-ring (bicyclic) bond motifs is 5. The van der Waals surface area contributed by atoms with Gasteiger partial charge in [0.15, 0.2) is 0 Å². The summed E-state index contributed by atoms with van der Waals surface area (Å²) in [6.07, 6.45) is 14.1. The number of oxime groups is 2. The second-order valence-electron chi connectivity index (χ2n) is 12.9. The predicted octanol–water partition coefficient (Wildman–Crippen LogP) is 7.93. The van der Waals surface area contributed by atoms with Crippen LogP contribution in [0, 0.1) is 52.3 Å². The smallest absolute Gasteiger partial charge is 0.0836 e. The first-order valence-electron chi connectivity index (χ1n) is 13.8. The molecule has 4 aliphatic rings. The summed E-state index contributed by atoms with van der Waals surface area (Å²) in [6, 6.07) is 0. The van der Waals surface area contributed by atoms with Crippen molar-refractivity contribution < 1.29 is 10.4 Å². The Bertz CT molecular complexity index is 814. The molecule has 33 heavy (non-hydrogen) atoms. The van der Waals surface area contributed by atoms with E-state index in [1.807, 2.05) is 6.08 Å². The molecule has 0 aromatic heterocycles. The summed E-state index contributed by atoms with van der Waals surface area (Å²) in [5.41, 5.74) is 3.17. The van der Waals surface area contributed by atoms with Crippen LogP contribution < -0.4 is 0 Å². The highest BCUT2D eigenvalue weighted by Gasteiger charge is 2.60. The Balaban J connectivity index is 1.55. The van der Waals surface area contributed by atoms with Crippen molar-refractivity contribution in [3.63, 3.8) is 0 Å². The lowest BCUT2D eigenvalue weighted by Gasteiger charge is -2.58. The molecule has 0 saturated heterocycles. The van der Waals surface area contributed by atoms with E-state index in [-0.39, 0.29) is 5.41 Å². The van der Waals surface area contributed by atoms with Gasteiger partial charge in [-0.25, -0.2) is 0 Å². The Kier molecular flexibility index (Phi) is 7.05. The van der Waals surface area contributed by atoms with Crippen molar-refractivity contribution in [2.75, 3.05) is 0 Å². The Hall–Kier alpha value is -1.32. The number of rotatable bonds is 6. The van der Waals surface area contributed by atoms with E-state index in [1.54, 1.807) is 0 Å². The Morgan fingerprint density at radius 1 is 1.00 bits per heavy atom. The molecule has 0 heterocycles. The molecule has 3 fully saturated rings. The van der Waals surface area contributed by atoms with Crippen molar-refractivity contribution in [1.82, 2.24) is 0 Å². The monoisotopic (exact) mass is 456 g/mol. The fraction of sp³-hybridized carbons (Fsp3) is 0.862. The lowest BCUT2D eigenvalue weighted by molar-refractivity contribution is -0.0430. The summed E-state index contributed by atoms with van der Waals surface area (Å²) in [6.45, 7) is 14.7. The highest BCUT2D eigenvalue weighted by molar-refractivity contribution is 6.09. The molecular formula is C29H48N2O2. The maximum atomic E-state index is 9.97. The molecule has 0 aliphatic heterocycles. The van der Waals surface area contributed by atoms with Gasteiger partial charge in [0.1, 0.15) is 0 Å². The zero-order chi connectivity index (χ0) is 24.0. The molecular weight excluding hydrogens is 408 g/mol. The third-order valence-electron chi connectivity index (χ3n) is 11.3. The zero-order valence-electron chi connectivity index (χ0n) is 22.0. The molecule has 0 aromatic carbocycles. The van der Waals surface area contributed by atoms with E-state index < -0.39 is 0 Å². The number of nitrogens with zero attached hydrogens (tertiary/aromatic N) is 2. The predicted molar refractivity (Wildman–Crippen MR) is 136 cm³/mol. The van der Waals surface area contributed by atoms with E-state index in [2.05, 4.69) is 51.9 Å². The molecule has 4 heteroatoms. The van der Waals surface area contributed by atoms with Crippen molar-refractivity contribution >= 4 is 11.4 Å². The van der Waals surface area contributed by atoms with E-state index in [0.29, 0.717) is 17.3 Å². The molecule has 7 unspecified atom stereocenters. The molecule has 186 valence electrons. The minimum Gasteiger partial charge on any atom is -0.411 e. The van der Waals surface area contributed by atoms with Crippen molar-refractivity contribution in [1.29, 1.82) is 0 Å². The number of hydrogen-bond donors (Lipinski definition) is 2. The van der Waals surface area contributed by atoms with E-state index in [0.717, 1.165) is 65.8 Å². The van der Waals surface area contributed by atoms with Gasteiger partial charge in [-0.1, -0.05) is 64.7 Å². The first-order chi connectivity index (χ1) is 15.7. The van der Waals surface area contributed by atoms with E-state index >= 15 is 0 Å². The quantitative estimate of drug-likeness (QED) is 0.315. The normalized spacial score (nSPS) is 42.6. The second kappa shape index (κ2) is 9.38. The third-order valence-corrected chi connectivity index (χ3v) is 11.3. The molecule has 2 N–H and O–H groups in total. The number of allylic oxidation sites excluding steroid dienone is 2. The first-order valence-corrected chi connectivity index (χ1v) is 13.8. The van der Waals surface area contributed by atoms with Gasteiger partial charge in [0.2, 0.25) is 0 Å². The van der Waals surface area contributed by atoms with Gasteiger partial charge in [-0.15, -0.1) is 0 Å². The first kappa shape index (κ1) is 24.8. The average Bonchev–Trinajstić information content (AvgIpc) is 3.15. The molecule has 4 rings (SSSR count). The van der Waals surface area contributed by atoms with Crippen molar-refractivity contribution in [2.24, 2.45) is 62.6 Å². The lowest BCUT2D eigenvalue weighted by Crippen LogP contribution is -2.53. The summed E-state index contributed by atoms with van der Waals surface area (Å²) in [5.74, 6) is 5.26. The van der Waals surface area contributed by atoms with Crippen LogP contribution in [0.15, 0.2) is 22.0 Å². The fourth-order valence-electron chi connectivity index (χ4n) is 9.26. The molecule has 0 amide bonds. The molecule has 4 nitrogen and oxygen atoms in total. The van der Waals surface area contributed by atoms with Gasteiger partial charge in [-0.2, -0.15) is 0 Å². The van der Waals surface area contributed by atoms with Crippen molar-refractivity contribution in [3.05, 3.63) is 11.6 Å². The van der Waals surface area contributed by atoms with Gasteiger partial charge in [-0.3, -0.25) is 0 Å². The van der Waals surface area contributed by atoms with Crippen LogP contribution in [0.25, 0.3) is 0 Å². The Labute approximate surface area is 202 Å². The van der Waals surface area contributed by atoms with Crippen LogP contribution in [0.2, 0.25) is 0 Å². The lowest BCUT2D eigenvalue weighted by atomic mass is 9.46. The van der Waals surface area contributed by atoms with E-state index in [4.69, 9.17) is 0 Å². The fourth-order valence-corrected chi connectivity index (χ4v) is 9.26. The standard InChI is InChI=1S/C29H48N2O2/c1-7-20(18(2)3)9-8-19(4)23-10-11-24-22-17-27(31-33)26-16-21(30-32)12-14-29(26,6)25(22)13-15-28(23,24)5/h16,18-20,22-25,32-33H,7-15,17H2,1-6H3/b30-21+,31-27-/t19-,20?,22?,23?,24?,25?,28?,29?/m1/s1. The van der Waals surface area contributed by atoms with Gasteiger partial charge < -0.3 is 10.4 Å². The minimum atomic E-state index is 0.0370. The van der Waals surface area contributed by atoms with Crippen LogP contribution in [-0.4, -0.2) is 21.8 Å². The van der Waals surface area contributed by atoms with Crippen molar-refractivity contribution in [2.45, 2.75) is 106 Å². The molecule has 0 spiro atoms. The summed E-state index contributed by atoms with van der Waals surface area (Å²) in [7, 11) is 0. The van der Waals surface area contributed by atoms with Crippen molar-refractivity contribution in [3.8, 4) is 0 Å². The number of hydrogen-bond acceptors (Lipinski definition) is 4. The summed E-state index contributed by atoms with van der Waals surface area (Å²) < 4.78 is 0. The minimum absolute atomic E-state index is 0.0370. The average molecular weight is 457 g/mol. The van der Waals surface area contributed by atoms with Crippen LogP contribution in [0.1, 0.15) is 106 Å². The van der Waals surface area contributed by atoms with Crippen LogP contribution in [0.4, 0.5) is 0 Å². The van der Waals surface area contributed by atoms with Gasteiger partial charge in [-0.05, 0) is 115 Å². The Morgan fingerprint density at radius 2 is 1.76 bits per heavy atom. The van der Waals surface area contributed by atoms with Crippen LogP contribution in [0.3, 0.4) is 0 Å². The van der Waals surface area contributed by atoms with E-state index in [1.165, 1.54) is 44.9 Å². The molecule has 0 aromatic rings. The topological polar surface area (TPSA) is 65.2 Å². The summed E-state index contributed by atoms with van der Waals surface area (Å²) in [4.78, 5) is 0. The van der Waals surface area contributed by atoms with Gasteiger partial charge >= 0.3 is 0 Å². The maximum absolute atomic E-state index is 9.97. The van der Waals surface area contributed by atoms with Gasteiger partial charge in [0.25, 0.3) is 0 Å². The van der Waals surface area contributed by atoms with Crippen LogP contribution >= 0.6 is 0 Å². The SMILES string of the molecule is CCC(CC[C@@H](C)C1CCC2C3C/C(=N/O)C4=C/C(=N/O)CCC4(C)C3CCC21C)C(C)C. The Morgan fingerprint density at radius 3 is 2.39 bits per heavy atom. The highest BCUT2D eigenvalue weighted by Crippen LogP contribution is 2.67. The maximum Gasteiger partial charge on any atom is 0.0836 e. The molecule has 8 atom stereocenters. The molecule has 4 aliphatic carbocycles. The van der Waals surface area contributed by atoms with Gasteiger partial charge in [0.05, 0.1) is 11.4 Å². The highest BCUT2D eigenvalue weighted by atomic mass is 16.4. The van der Waals surface area contributed by atoms with Crippen LogP contribution in [-0.2, 0) is 0 Å². The van der Waals surface area contributed by atoms with E-state index in [9.17, 15) is 10.4 Å². The molecule has 3 saturated carbocycles. The van der Waals surface area contributed by atoms with Crippen LogP contribution in [0.5, 0.6) is 0 Å². The second-order valence-corrected chi connectivity index (χ2v) is 12.9. The largest absolute Gasteiger partial charge is 0.411 e.